The number of methoxy groups -OCH3 is 1. The van der Waals surface area contributed by atoms with E-state index in [1.807, 2.05) is 0 Å². The standard InChI is InChI=1S/C13H16FNO2/c1-8-7-9(14)3-6-11(8)12(13(16)17-2)15-10-4-5-10/h3,6-7,10,12,15H,4-5H2,1-2H3. The molecule has 0 radical (unpaired) electrons. The molecule has 1 aromatic carbocycles. The largest absolute Gasteiger partial charge is 0.468 e. The van der Waals surface area contributed by atoms with Crippen LogP contribution in [-0.2, 0) is 9.53 Å². The molecule has 0 saturated heterocycles. The number of esters is 1. The third kappa shape index (κ3) is 2.82. The lowest BCUT2D eigenvalue weighted by atomic mass is 10.0. The summed E-state index contributed by atoms with van der Waals surface area (Å²) in [6.07, 6.45) is 2.15. The van der Waals surface area contributed by atoms with Crippen LogP contribution in [0.25, 0.3) is 0 Å². The highest BCUT2D eigenvalue weighted by Crippen LogP contribution is 2.26. The second kappa shape index (κ2) is 4.84. The second-order valence-electron chi connectivity index (χ2n) is 4.40. The highest BCUT2D eigenvalue weighted by atomic mass is 19.1. The number of hydrogen-bond donors (Lipinski definition) is 1. The zero-order valence-electron chi connectivity index (χ0n) is 10.00. The number of halogens is 1. The van der Waals surface area contributed by atoms with E-state index in [2.05, 4.69) is 5.32 Å². The Hall–Kier alpha value is -1.42. The topological polar surface area (TPSA) is 38.3 Å². The molecule has 17 heavy (non-hydrogen) atoms. The molecule has 1 aliphatic rings. The van der Waals surface area contributed by atoms with Gasteiger partial charge in [-0.1, -0.05) is 6.07 Å². The summed E-state index contributed by atoms with van der Waals surface area (Å²) in [5.41, 5.74) is 1.54. The molecule has 1 aliphatic carbocycles. The predicted molar refractivity (Wildman–Crippen MR) is 62.1 cm³/mol. The lowest BCUT2D eigenvalue weighted by molar-refractivity contribution is -0.143. The molecule has 1 N–H and O–H groups in total. The molecule has 1 fully saturated rings. The molecule has 0 amide bonds. The van der Waals surface area contributed by atoms with Crippen molar-refractivity contribution in [1.29, 1.82) is 0 Å². The van der Waals surface area contributed by atoms with Crippen molar-refractivity contribution in [2.75, 3.05) is 7.11 Å². The van der Waals surface area contributed by atoms with E-state index >= 15 is 0 Å². The average Bonchev–Trinajstić information content (AvgIpc) is 3.10. The summed E-state index contributed by atoms with van der Waals surface area (Å²) in [4.78, 5) is 11.7. The fraction of sp³-hybridized carbons (Fsp3) is 0.462. The lowest BCUT2D eigenvalue weighted by Gasteiger charge is -2.18. The molecule has 1 aromatic rings. The molecular weight excluding hydrogens is 221 g/mol. The Morgan fingerprint density at radius 3 is 2.76 bits per heavy atom. The SMILES string of the molecule is COC(=O)C(NC1CC1)c1ccc(F)cc1C. The Morgan fingerprint density at radius 2 is 2.24 bits per heavy atom. The minimum atomic E-state index is -0.493. The van der Waals surface area contributed by atoms with Crippen molar-refractivity contribution in [3.8, 4) is 0 Å². The molecule has 0 spiro atoms. The van der Waals surface area contributed by atoms with Gasteiger partial charge in [0.05, 0.1) is 7.11 Å². The number of ether oxygens (including phenoxy) is 1. The highest BCUT2D eigenvalue weighted by Gasteiger charge is 2.30. The Kier molecular flexibility index (Phi) is 3.43. The van der Waals surface area contributed by atoms with Gasteiger partial charge in [-0.2, -0.15) is 0 Å². The van der Waals surface area contributed by atoms with E-state index in [0.717, 1.165) is 24.0 Å². The van der Waals surface area contributed by atoms with Gasteiger partial charge >= 0.3 is 5.97 Å². The average molecular weight is 237 g/mol. The van der Waals surface area contributed by atoms with Crippen molar-refractivity contribution < 1.29 is 13.9 Å². The van der Waals surface area contributed by atoms with E-state index in [0.29, 0.717) is 6.04 Å². The highest BCUT2D eigenvalue weighted by molar-refractivity contribution is 5.78. The van der Waals surface area contributed by atoms with Crippen LogP contribution in [0.2, 0.25) is 0 Å². The Bertz CT molecular complexity index is 429. The molecule has 0 aromatic heterocycles. The molecule has 92 valence electrons. The van der Waals surface area contributed by atoms with Crippen molar-refractivity contribution in [3.63, 3.8) is 0 Å². The van der Waals surface area contributed by atoms with Gasteiger partial charge in [0.15, 0.2) is 0 Å². The van der Waals surface area contributed by atoms with E-state index in [1.54, 1.807) is 13.0 Å². The van der Waals surface area contributed by atoms with Crippen LogP contribution in [0.3, 0.4) is 0 Å². The third-order valence-corrected chi connectivity index (χ3v) is 2.96. The second-order valence-corrected chi connectivity index (χ2v) is 4.40. The van der Waals surface area contributed by atoms with E-state index in [-0.39, 0.29) is 11.8 Å². The van der Waals surface area contributed by atoms with Crippen LogP contribution >= 0.6 is 0 Å². The van der Waals surface area contributed by atoms with Crippen LogP contribution < -0.4 is 5.32 Å². The fourth-order valence-electron chi connectivity index (χ4n) is 1.85. The molecule has 3 nitrogen and oxygen atoms in total. The third-order valence-electron chi connectivity index (χ3n) is 2.96. The summed E-state index contributed by atoms with van der Waals surface area (Å²) < 4.78 is 17.8. The molecule has 1 unspecified atom stereocenters. The van der Waals surface area contributed by atoms with Crippen LogP contribution in [0.1, 0.15) is 30.0 Å². The molecule has 4 heteroatoms. The molecule has 2 rings (SSSR count). The first-order valence-electron chi connectivity index (χ1n) is 5.71. The molecule has 1 saturated carbocycles. The van der Waals surface area contributed by atoms with E-state index < -0.39 is 6.04 Å². The zero-order chi connectivity index (χ0) is 12.4. The number of aryl methyl sites for hydroxylation is 1. The van der Waals surface area contributed by atoms with Crippen molar-refractivity contribution in [2.24, 2.45) is 0 Å². The summed E-state index contributed by atoms with van der Waals surface area (Å²) in [5, 5.41) is 3.22. The maximum atomic E-state index is 13.0. The van der Waals surface area contributed by atoms with Gasteiger partial charge in [-0.05, 0) is 43.0 Å². The molecule has 0 aliphatic heterocycles. The number of carbonyl (C=O) groups is 1. The number of rotatable bonds is 4. The van der Waals surface area contributed by atoms with Crippen LogP contribution in [0, 0.1) is 12.7 Å². The number of benzene rings is 1. The van der Waals surface area contributed by atoms with Crippen LogP contribution in [-0.4, -0.2) is 19.1 Å². The van der Waals surface area contributed by atoms with Crippen molar-refractivity contribution in [1.82, 2.24) is 5.32 Å². The van der Waals surface area contributed by atoms with E-state index in [4.69, 9.17) is 4.74 Å². The van der Waals surface area contributed by atoms with Gasteiger partial charge in [-0.15, -0.1) is 0 Å². The van der Waals surface area contributed by atoms with Gasteiger partial charge in [-0.25, -0.2) is 9.18 Å². The van der Waals surface area contributed by atoms with Crippen LogP contribution in [0.4, 0.5) is 4.39 Å². The Morgan fingerprint density at radius 1 is 1.53 bits per heavy atom. The van der Waals surface area contributed by atoms with Crippen LogP contribution in [0.15, 0.2) is 18.2 Å². The summed E-state index contributed by atoms with van der Waals surface area (Å²) in [6, 6.07) is 4.32. The van der Waals surface area contributed by atoms with Gasteiger partial charge in [-0.3, -0.25) is 5.32 Å². The fourth-order valence-corrected chi connectivity index (χ4v) is 1.85. The normalized spacial score (nSPS) is 16.6. The zero-order valence-corrected chi connectivity index (χ0v) is 10.00. The number of carbonyl (C=O) groups excluding carboxylic acids is 1. The smallest absolute Gasteiger partial charge is 0.327 e. The van der Waals surface area contributed by atoms with Crippen molar-refractivity contribution in [2.45, 2.75) is 31.8 Å². The molecular formula is C13H16FNO2. The quantitative estimate of drug-likeness (QED) is 0.815. The van der Waals surface area contributed by atoms with Gasteiger partial charge < -0.3 is 4.74 Å². The van der Waals surface area contributed by atoms with Crippen LogP contribution in [0.5, 0.6) is 0 Å². The molecule has 1 atom stereocenters. The van der Waals surface area contributed by atoms with Gasteiger partial charge in [0.1, 0.15) is 11.9 Å². The predicted octanol–water partition coefficient (Wildman–Crippen LogP) is 2.10. The summed E-state index contributed by atoms with van der Waals surface area (Å²) >= 11 is 0. The van der Waals surface area contributed by atoms with E-state index in [9.17, 15) is 9.18 Å². The first kappa shape index (κ1) is 12.0. The maximum absolute atomic E-state index is 13.0. The van der Waals surface area contributed by atoms with Gasteiger partial charge in [0, 0.05) is 6.04 Å². The lowest BCUT2D eigenvalue weighted by Crippen LogP contribution is -2.31. The Labute approximate surface area is 100.0 Å². The molecule has 0 heterocycles. The molecule has 0 bridgehead atoms. The van der Waals surface area contributed by atoms with Gasteiger partial charge in [0.25, 0.3) is 0 Å². The van der Waals surface area contributed by atoms with Crippen molar-refractivity contribution in [3.05, 3.63) is 35.1 Å². The number of nitrogens with one attached hydrogen (secondary N) is 1. The maximum Gasteiger partial charge on any atom is 0.327 e. The Balaban J connectivity index is 2.26. The number of hydrogen-bond acceptors (Lipinski definition) is 3. The first-order valence-corrected chi connectivity index (χ1v) is 5.71. The first-order chi connectivity index (χ1) is 8.11. The minimum Gasteiger partial charge on any atom is -0.468 e. The monoisotopic (exact) mass is 237 g/mol. The van der Waals surface area contributed by atoms with Crippen molar-refractivity contribution >= 4 is 5.97 Å². The van der Waals surface area contributed by atoms with Gasteiger partial charge in [0.2, 0.25) is 0 Å². The summed E-state index contributed by atoms with van der Waals surface area (Å²) in [5.74, 6) is -0.618. The summed E-state index contributed by atoms with van der Waals surface area (Å²) in [6.45, 7) is 1.79. The minimum absolute atomic E-state index is 0.290. The van der Waals surface area contributed by atoms with E-state index in [1.165, 1.54) is 19.2 Å². The summed E-state index contributed by atoms with van der Waals surface area (Å²) in [7, 11) is 1.36.